The Morgan fingerprint density at radius 3 is 2.42 bits per heavy atom. The van der Waals surface area contributed by atoms with E-state index in [1.807, 2.05) is 42.5 Å². The van der Waals surface area contributed by atoms with E-state index >= 15 is 0 Å². The number of ether oxygens (including phenoxy) is 1. The van der Waals surface area contributed by atoms with Crippen molar-refractivity contribution in [1.82, 2.24) is 20.2 Å². The number of hydrogen-bond donors (Lipinski definition) is 1. The molecule has 0 aliphatic carbocycles. The minimum Gasteiger partial charge on any atom is -0.460 e. The normalized spacial score (nSPS) is 15.2. The first-order chi connectivity index (χ1) is 16.0. The maximum absolute atomic E-state index is 12.6. The van der Waals surface area contributed by atoms with Crippen LogP contribution in [0, 0.1) is 0 Å². The standard InChI is InChI=1S/C24H25ClN4O3S/c1-33(31)21-7-5-17(6-8-21)18-3-4-19(22(25)15-18)16-28-24(30)29-13-9-20(10-14-29)32-23-26-11-2-12-27-23/h2-8,11-12,15,20H,9-10,13-14,16H2,1H3,(H,28,30). The van der Waals surface area contributed by atoms with E-state index in [2.05, 4.69) is 15.3 Å². The van der Waals surface area contributed by atoms with Gasteiger partial charge in [0.05, 0.1) is 0 Å². The lowest BCUT2D eigenvalue weighted by atomic mass is 10.0. The summed E-state index contributed by atoms with van der Waals surface area (Å²) in [5, 5.41) is 3.55. The predicted octanol–water partition coefficient (Wildman–Crippen LogP) is 4.29. The smallest absolute Gasteiger partial charge is 0.317 e. The number of urea groups is 1. The number of benzene rings is 2. The van der Waals surface area contributed by atoms with Gasteiger partial charge in [-0.05, 0) is 41.0 Å². The van der Waals surface area contributed by atoms with Crippen LogP contribution in [0.4, 0.5) is 4.79 Å². The Morgan fingerprint density at radius 1 is 1.12 bits per heavy atom. The van der Waals surface area contributed by atoms with Gasteiger partial charge in [0.2, 0.25) is 0 Å². The van der Waals surface area contributed by atoms with Crippen LogP contribution in [-0.4, -0.2) is 50.6 Å². The van der Waals surface area contributed by atoms with E-state index in [0.29, 0.717) is 30.7 Å². The molecule has 9 heteroatoms. The first-order valence-corrected chi connectivity index (χ1v) is 12.6. The van der Waals surface area contributed by atoms with Gasteiger partial charge in [0, 0.05) is 71.8 Å². The van der Waals surface area contributed by atoms with Crippen molar-refractivity contribution in [3.63, 3.8) is 0 Å². The van der Waals surface area contributed by atoms with Crippen LogP contribution in [-0.2, 0) is 17.3 Å². The monoisotopic (exact) mass is 484 g/mol. The maximum atomic E-state index is 12.6. The summed E-state index contributed by atoms with van der Waals surface area (Å²) in [5.74, 6) is 0. The number of likely N-dealkylation sites (tertiary alicyclic amines) is 1. The van der Waals surface area contributed by atoms with Crippen molar-refractivity contribution in [2.45, 2.75) is 30.4 Å². The van der Waals surface area contributed by atoms with Gasteiger partial charge in [-0.15, -0.1) is 0 Å². The zero-order chi connectivity index (χ0) is 23.2. The average Bonchev–Trinajstić information content (AvgIpc) is 2.84. The molecule has 2 heterocycles. The molecule has 0 saturated carbocycles. The molecule has 1 atom stereocenters. The largest absolute Gasteiger partial charge is 0.460 e. The topological polar surface area (TPSA) is 84.4 Å². The van der Waals surface area contributed by atoms with Crippen molar-refractivity contribution in [2.24, 2.45) is 0 Å². The van der Waals surface area contributed by atoms with Gasteiger partial charge in [-0.3, -0.25) is 4.21 Å². The van der Waals surface area contributed by atoms with E-state index in [1.165, 1.54) is 0 Å². The molecule has 1 N–H and O–H groups in total. The lowest BCUT2D eigenvalue weighted by Gasteiger charge is -2.31. The van der Waals surface area contributed by atoms with E-state index in [1.54, 1.807) is 29.6 Å². The summed E-state index contributed by atoms with van der Waals surface area (Å²) < 4.78 is 17.3. The second-order valence-electron chi connectivity index (χ2n) is 7.78. The Bertz CT molecular complexity index is 1120. The van der Waals surface area contributed by atoms with Crippen LogP contribution in [0.5, 0.6) is 6.01 Å². The third-order valence-corrected chi connectivity index (χ3v) is 6.83. The summed E-state index contributed by atoms with van der Waals surface area (Å²) in [6.45, 7) is 1.56. The molecule has 0 spiro atoms. The zero-order valence-electron chi connectivity index (χ0n) is 18.2. The highest BCUT2D eigenvalue weighted by Crippen LogP contribution is 2.26. The molecule has 4 rings (SSSR count). The van der Waals surface area contributed by atoms with Crippen molar-refractivity contribution in [3.8, 4) is 17.1 Å². The van der Waals surface area contributed by atoms with Crippen molar-refractivity contribution in [2.75, 3.05) is 19.3 Å². The average molecular weight is 485 g/mol. The molecule has 1 saturated heterocycles. The highest BCUT2D eigenvalue weighted by molar-refractivity contribution is 7.84. The van der Waals surface area contributed by atoms with Gasteiger partial charge >= 0.3 is 12.0 Å². The minimum absolute atomic E-state index is 0.00447. The molecule has 33 heavy (non-hydrogen) atoms. The van der Waals surface area contributed by atoms with Crippen LogP contribution >= 0.6 is 11.6 Å². The van der Waals surface area contributed by atoms with Crippen molar-refractivity contribution in [3.05, 3.63) is 71.5 Å². The lowest BCUT2D eigenvalue weighted by molar-refractivity contribution is 0.103. The summed E-state index contributed by atoms with van der Waals surface area (Å²) in [4.78, 5) is 23.3. The van der Waals surface area contributed by atoms with Crippen LogP contribution in [0.3, 0.4) is 0 Å². The molecule has 1 fully saturated rings. The number of aromatic nitrogens is 2. The van der Waals surface area contributed by atoms with Gasteiger partial charge < -0.3 is 15.0 Å². The third kappa shape index (κ3) is 6.09. The quantitative estimate of drug-likeness (QED) is 0.564. The highest BCUT2D eigenvalue weighted by Gasteiger charge is 2.24. The van der Waals surface area contributed by atoms with Gasteiger partial charge in [0.1, 0.15) is 6.10 Å². The summed E-state index contributed by atoms with van der Waals surface area (Å²) in [7, 11) is -1.01. The number of rotatable bonds is 6. The number of amides is 2. The number of nitrogens with one attached hydrogen (secondary N) is 1. The zero-order valence-corrected chi connectivity index (χ0v) is 19.8. The summed E-state index contributed by atoms with van der Waals surface area (Å²) in [6, 6.07) is 15.3. The Hall–Kier alpha value is -2.97. The van der Waals surface area contributed by atoms with Crippen LogP contribution in [0.2, 0.25) is 5.02 Å². The summed E-state index contributed by atoms with van der Waals surface area (Å²) in [6.07, 6.45) is 6.41. The number of piperidine rings is 1. The molecule has 2 aromatic carbocycles. The van der Waals surface area contributed by atoms with Gasteiger partial charge in [-0.1, -0.05) is 35.9 Å². The highest BCUT2D eigenvalue weighted by atomic mass is 35.5. The number of hydrogen-bond acceptors (Lipinski definition) is 5. The van der Waals surface area contributed by atoms with Gasteiger partial charge in [-0.2, -0.15) is 0 Å². The van der Waals surface area contributed by atoms with Gasteiger partial charge in [-0.25, -0.2) is 14.8 Å². The van der Waals surface area contributed by atoms with Crippen LogP contribution in [0.1, 0.15) is 18.4 Å². The predicted molar refractivity (Wildman–Crippen MR) is 129 cm³/mol. The number of carbonyl (C=O) groups excluding carboxylic acids is 1. The Morgan fingerprint density at radius 2 is 1.79 bits per heavy atom. The van der Waals surface area contributed by atoms with Crippen LogP contribution in [0.25, 0.3) is 11.1 Å². The van der Waals surface area contributed by atoms with Crippen LogP contribution < -0.4 is 10.1 Å². The Kier molecular flexibility index (Phi) is 7.57. The number of carbonyl (C=O) groups is 1. The van der Waals surface area contributed by atoms with E-state index in [9.17, 15) is 9.00 Å². The molecule has 7 nitrogen and oxygen atoms in total. The van der Waals surface area contributed by atoms with Gasteiger partial charge in [0.15, 0.2) is 0 Å². The second-order valence-corrected chi connectivity index (χ2v) is 9.57. The minimum atomic E-state index is -1.01. The van der Waals surface area contributed by atoms with E-state index in [-0.39, 0.29) is 12.1 Å². The fourth-order valence-corrected chi connectivity index (χ4v) is 4.43. The maximum Gasteiger partial charge on any atom is 0.317 e. The van der Waals surface area contributed by atoms with Crippen molar-refractivity contribution >= 4 is 28.4 Å². The molecule has 1 aromatic heterocycles. The fourth-order valence-electron chi connectivity index (χ4n) is 3.66. The number of halogens is 1. The van der Waals surface area contributed by atoms with Gasteiger partial charge in [0.25, 0.3) is 0 Å². The molecule has 1 unspecified atom stereocenters. The second kappa shape index (κ2) is 10.8. The fraction of sp³-hybridized carbons (Fsp3) is 0.292. The third-order valence-electron chi connectivity index (χ3n) is 5.55. The van der Waals surface area contributed by atoms with Crippen molar-refractivity contribution in [1.29, 1.82) is 0 Å². The molecule has 3 aromatic rings. The van der Waals surface area contributed by atoms with Crippen molar-refractivity contribution < 1.29 is 13.7 Å². The SMILES string of the molecule is CS(=O)c1ccc(-c2ccc(CNC(=O)N3CCC(Oc4ncccn4)CC3)c(Cl)c2)cc1. The van der Waals surface area contributed by atoms with E-state index < -0.39 is 10.8 Å². The lowest BCUT2D eigenvalue weighted by Crippen LogP contribution is -2.46. The Balaban J connectivity index is 1.28. The molecule has 1 aliphatic heterocycles. The first kappa shape index (κ1) is 23.2. The number of nitrogens with zero attached hydrogens (tertiary/aromatic N) is 3. The molecule has 2 amide bonds. The molecular weight excluding hydrogens is 460 g/mol. The van der Waals surface area contributed by atoms with E-state index in [0.717, 1.165) is 34.4 Å². The van der Waals surface area contributed by atoms with E-state index in [4.69, 9.17) is 16.3 Å². The molecule has 0 bridgehead atoms. The Labute approximate surface area is 200 Å². The molecule has 172 valence electrons. The molecule has 1 aliphatic rings. The summed E-state index contributed by atoms with van der Waals surface area (Å²) >= 11 is 6.48. The molecular formula is C24H25ClN4O3S. The first-order valence-electron chi connectivity index (χ1n) is 10.7. The molecule has 0 radical (unpaired) electrons. The van der Waals surface area contributed by atoms with Crippen LogP contribution in [0.15, 0.2) is 65.8 Å². The summed E-state index contributed by atoms with van der Waals surface area (Å²) in [5.41, 5.74) is 2.81.